The number of carbonyl (C=O) groups is 1. The van der Waals surface area contributed by atoms with E-state index in [-0.39, 0.29) is 23.8 Å². The van der Waals surface area contributed by atoms with E-state index in [2.05, 4.69) is 14.9 Å². The van der Waals surface area contributed by atoms with Gasteiger partial charge in [-0.3, -0.25) is 4.79 Å². The maximum absolute atomic E-state index is 13.2. The number of fused-ring (bicyclic) bond motifs is 7. The smallest absolute Gasteiger partial charge is 0.257 e. The van der Waals surface area contributed by atoms with Crippen LogP contribution in [0.1, 0.15) is 28.4 Å². The molecule has 5 rings (SSSR count). The highest BCUT2D eigenvalue weighted by molar-refractivity contribution is 6.32. The molecule has 30 heavy (non-hydrogen) atoms. The summed E-state index contributed by atoms with van der Waals surface area (Å²) in [6, 6.07) is 5.05. The fraction of sp³-hybridized carbons (Fsp3) is 0.450. The van der Waals surface area contributed by atoms with Gasteiger partial charge < -0.3 is 29.7 Å². The molecular formula is C20H22ClN5O4. The Morgan fingerprint density at radius 2 is 1.93 bits per heavy atom. The van der Waals surface area contributed by atoms with Gasteiger partial charge in [0.1, 0.15) is 11.6 Å². The molecule has 3 aliphatic rings. The van der Waals surface area contributed by atoms with Gasteiger partial charge >= 0.3 is 0 Å². The SMILES string of the molecule is Nc1nc2cc(n1)N1CCCOC[C@@H]1c1cc(c(C(=O)N3CCOCC3)cc1Cl)O2. The first-order valence-corrected chi connectivity index (χ1v) is 10.4. The Kier molecular flexibility index (Phi) is 5.10. The second-order valence-corrected chi connectivity index (χ2v) is 7.84. The molecule has 9 nitrogen and oxygen atoms in total. The summed E-state index contributed by atoms with van der Waals surface area (Å²) in [5.41, 5.74) is 7.15. The molecule has 0 aliphatic carbocycles. The molecule has 4 heterocycles. The lowest BCUT2D eigenvalue weighted by Crippen LogP contribution is -2.40. The lowest BCUT2D eigenvalue weighted by molar-refractivity contribution is 0.0301. The van der Waals surface area contributed by atoms with Gasteiger partial charge in [0.25, 0.3) is 5.91 Å². The van der Waals surface area contributed by atoms with Crippen LogP contribution in [0.5, 0.6) is 11.6 Å². The predicted octanol–water partition coefficient (Wildman–Crippen LogP) is 2.26. The van der Waals surface area contributed by atoms with Crippen LogP contribution in [0.2, 0.25) is 5.02 Å². The van der Waals surface area contributed by atoms with E-state index in [0.717, 1.165) is 18.5 Å². The maximum atomic E-state index is 13.2. The number of nitrogens with two attached hydrogens (primary N) is 1. The highest BCUT2D eigenvalue weighted by atomic mass is 35.5. The molecule has 1 atom stereocenters. The van der Waals surface area contributed by atoms with Crippen LogP contribution >= 0.6 is 11.6 Å². The molecule has 1 aromatic heterocycles. The van der Waals surface area contributed by atoms with Crippen molar-refractivity contribution < 1.29 is 19.0 Å². The van der Waals surface area contributed by atoms with Gasteiger partial charge in [-0.15, -0.1) is 0 Å². The van der Waals surface area contributed by atoms with Crippen LogP contribution in [0.4, 0.5) is 11.8 Å². The number of hydrogen-bond acceptors (Lipinski definition) is 8. The van der Waals surface area contributed by atoms with Gasteiger partial charge in [0.05, 0.1) is 31.4 Å². The predicted molar refractivity (Wildman–Crippen MR) is 110 cm³/mol. The number of aromatic nitrogens is 2. The molecule has 10 heteroatoms. The molecule has 4 bridgehead atoms. The number of carbonyl (C=O) groups excluding carboxylic acids is 1. The molecule has 2 aromatic rings. The van der Waals surface area contributed by atoms with Gasteiger partial charge in [-0.25, -0.2) is 0 Å². The summed E-state index contributed by atoms with van der Waals surface area (Å²) in [4.78, 5) is 25.7. The van der Waals surface area contributed by atoms with E-state index >= 15 is 0 Å². The molecular weight excluding hydrogens is 410 g/mol. The fourth-order valence-corrected chi connectivity index (χ4v) is 4.35. The van der Waals surface area contributed by atoms with Crippen molar-refractivity contribution in [3.05, 3.63) is 34.3 Å². The number of nitrogen functional groups attached to an aromatic ring is 1. The zero-order valence-electron chi connectivity index (χ0n) is 16.3. The zero-order valence-corrected chi connectivity index (χ0v) is 17.1. The number of benzene rings is 1. The van der Waals surface area contributed by atoms with Crippen molar-refractivity contribution in [1.29, 1.82) is 0 Å². The Balaban J connectivity index is 1.64. The van der Waals surface area contributed by atoms with E-state index in [1.807, 2.05) is 6.07 Å². The highest BCUT2D eigenvalue weighted by Crippen LogP contribution is 2.40. The monoisotopic (exact) mass is 431 g/mol. The van der Waals surface area contributed by atoms with Crippen molar-refractivity contribution in [3.63, 3.8) is 0 Å². The quantitative estimate of drug-likeness (QED) is 0.733. The average Bonchev–Trinajstić information content (AvgIpc) is 2.98. The minimum absolute atomic E-state index is 0.105. The van der Waals surface area contributed by atoms with Gasteiger partial charge in [-0.2, -0.15) is 9.97 Å². The third-order valence-corrected chi connectivity index (χ3v) is 5.87. The molecule has 0 spiro atoms. The van der Waals surface area contributed by atoms with Crippen molar-refractivity contribution in [3.8, 4) is 11.6 Å². The van der Waals surface area contributed by atoms with Gasteiger partial charge in [-0.1, -0.05) is 11.6 Å². The summed E-state index contributed by atoms with van der Waals surface area (Å²) in [5, 5.41) is 0.482. The first-order valence-electron chi connectivity index (χ1n) is 9.97. The van der Waals surface area contributed by atoms with Crippen LogP contribution in [0.3, 0.4) is 0 Å². The fourth-order valence-electron chi connectivity index (χ4n) is 4.06. The number of nitrogens with zero attached hydrogens (tertiary/aromatic N) is 4. The van der Waals surface area contributed by atoms with Crippen molar-refractivity contribution >= 4 is 29.3 Å². The number of anilines is 2. The van der Waals surface area contributed by atoms with Crippen LogP contribution in [-0.2, 0) is 9.47 Å². The molecule has 158 valence electrons. The Morgan fingerprint density at radius 3 is 2.77 bits per heavy atom. The lowest BCUT2D eigenvalue weighted by atomic mass is 10.0. The van der Waals surface area contributed by atoms with Crippen LogP contribution in [0.25, 0.3) is 0 Å². The number of ether oxygens (including phenoxy) is 3. The number of rotatable bonds is 1. The molecule has 3 aliphatic heterocycles. The standard InChI is InChI=1S/C20H22ClN5O4/c21-14-8-13(19(27)25-3-6-28-7-4-25)16-9-12(14)15-11-29-5-1-2-26(15)17-10-18(30-16)24-20(22)23-17/h8-10,15H,1-7,11H2,(H2,22,23,24)/t15-/m1/s1. The molecule has 0 radical (unpaired) electrons. The normalized spacial score (nSPS) is 20.9. The summed E-state index contributed by atoms with van der Waals surface area (Å²) < 4.78 is 17.2. The van der Waals surface area contributed by atoms with Gasteiger partial charge in [0.2, 0.25) is 11.8 Å². The van der Waals surface area contributed by atoms with Crippen molar-refractivity contribution in [2.75, 3.05) is 56.7 Å². The van der Waals surface area contributed by atoms with Crippen molar-refractivity contribution in [1.82, 2.24) is 14.9 Å². The van der Waals surface area contributed by atoms with E-state index in [0.29, 0.717) is 61.7 Å². The molecule has 2 saturated heterocycles. The summed E-state index contributed by atoms with van der Waals surface area (Å²) in [7, 11) is 0. The third kappa shape index (κ3) is 3.53. The molecule has 1 amide bonds. The lowest BCUT2D eigenvalue weighted by Gasteiger charge is -2.31. The summed E-state index contributed by atoms with van der Waals surface area (Å²) in [6.45, 7) is 3.87. The molecule has 2 N–H and O–H groups in total. The minimum Gasteiger partial charge on any atom is -0.438 e. The van der Waals surface area contributed by atoms with E-state index in [9.17, 15) is 4.79 Å². The molecule has 0 saturated carbocycles. The number of halogens is 1. The van der Waals surface area contributed by atoms with Crippen molar-refractivity contribution in [2.24, 2.45) is 0 Å². The minimum atomic E-state index is -0.185. The maximum Gasteiger partial charge on any atom is 0.257 e. The first-order chi connectivity index (χ1) is 14.6. The zero-order chi connectivity index (χ0) is 20.7. The summed E-state index contributed by atoms with van der Waals surface area (Å²) in [6.07, 6.45) is 0.842. The van der Waals surface area contributed by atoms with E-state index in [1.54, 1.807) is 17.0 Å². The van der Waals surface area contributed by atoms with Gasteiger partial charge in [0.15, 0.2) is 0 Å². The molecule has 1 aromatic carbocycles. The Hall–Kier alpha value is -2.62. The summed E-state index contributed by atoms with van der Waals surface area (Å²) in [5.74, 6) is 1.27. The molecule has 0 unspecified atom stereocenters. The van der Waals surface area contributed by atoms with Crippen LogP contribution in [0.15, 0.2) is 18.2 Å². The second kappa shape index (κ2) is 7.90. The highest BCUT2D eigenvalue weighted by Gasteiger charge is 2.32. The van der Waals surface area contributed by atoms with Crippen LogP contribution in [-0.4, -0.2) is 66.8 Å². The van der Waals surface area contributed by atoms with E-state index < -0.39 is 0 Å². The van der Waals surface area contributed by atoms with Gasteiger partial charge in [0, 0.05) is 37.3 Å². The largest absolute Gasteiger partial charge is 0.438 e. The summed E-state index contributed by atoms with van der Waals surface area (Å²) >= 11 is 6.70. The second-order valence-electron chi connectivity index (χ2n) is 7.44. The first kappa shape index (κ1) is 19.3. The van der Waals surface area contributed by atoms with E-state index in [1.165, 1.54) is 0 Å². The number of hydrogen-bond donors (Lipinski definition) is 1. The van der Waals surface area contributed by atoms with Crippen molar-refractivity contribution in [2.45, 2.75) is 12.5 Å². The van der Waals surface area contributed by atoms with Crippen LogP contribution in [0, 0.1) is 0 Å². The van der Waals surface area contributed by atoms with Gasteiger partial charge in [-0.05, 0) is 24.1 Å². The average molecular weight is 432 g/mol. The van der Waals surface area contributed by atoms with E-state index in [4.69, 9.17) is 31.5 Å². The number of amides is 1. The Bertz CT molecular complexity index is 982. The van der Waals surface area contributed by atoms with Crippen LogP contribution < -0.4 is 15.4 Å². The Labute approximate surface area is 178 Å². The number of morpholine rings is 1. The Morgan fingerprint density at radius 1 is 1.10 bits per heavy atom. The topological polar surface area (TPSA) is 103 Å². The molecule has 2 fully saturated rings. The third-order valence-electron chi connectivity index (χ3n) is 5.54.